The van der Waals surface area contributed by atoms with Gasteiger partial charge in [0.05, 0.1) is 11.3 Å². The van der Waals surface area contributed by atoms with Gasteiger partial charge in [0, 0.05) is 19.8 Å². The van der Waals surface area contributed by atoms with Crippen LogP contribution >= 0.6 is 0 Å². The maximum Gasteiger partial charge on any atom is 0.307 e. The lowest BCUT2D eigenvalue weighted by Crippen LogP contribution is -2.30. The Balaban J connectivity index is 1.96. The molecule has 1 aromatic carbocycles. The van der Waals surface area contributed by atoms with Crippen molar-refractivity contribution in [2.24, 2.45) is 5.92 Å². The maximum absolute atomic E-state index is 12.2. The monoisotopic (exact) mass is 380 g/mol. The molecule has 0 fully saturated rings. The van der Waals surface area contributed by atoms with Crippen LogP contribution in [0.15, 0.2) is 41.3 Å². The van der Waals surface area contributed by atoms with Gasteiger partial charge in [0.1, 0.15) is 0 Å². The lowest BCUT2D eigenvalue weighted by molar-refractivity contribution is -0.153. The fraction of sp³-hybridized carbons (Fsp3) is 0.444. The normalized spacial score (nSPS) is 17.9. The zero-order valence-electron chi connectivity index (χ0n) is 15.1. The number of rotatable bonds is 7. The number of carbonyl (C=O) groups excluding carboxylic acids is 2. The highest BCUT2D eigenvalue weighted by Crippen LogP contribution is 2.21. The van der Waals surface area contributed by atoms with E-state index < -0.39 is 28.0 Å². The molecule has 142 valence electrons. The van der Waals surface area contributed by atoms with E-state index in [1.807, 2.05) is 12.2 Å². The summed E-state index contributed by atoms with van der Waals surface area (Å²) >= 11 is 0. The van der Waals surface area contributed by atoms with Crippen molar-refractivity contribution >= 4 is 27.6 Å². The second-order valence-electron chi connectivity index (χ2n) is 6.41. The smallest absolute Gasteiger partial charge is 0.307 e. The number of carbonyl (C=O) groups is 2. The molecular weight excluding hydrogens is 356 g/mol. The minimum atomic E-state index is -3.60. The van der Waals surface area contributed by atoms with E-state index in [-0.39, 0.29) is 17.2 Å². The number of hydrogen-bond donors (Lipinski definition) is 1. The topological polar surface area (TPSA) is 92.8 Å². The van der Waals surface area contributed by atoms with Gasteiger partial charge in [-0.2, -0.15) is 0 Å². The van der Waals surface area contributed by atoms with Gasteiger partial charge in [0.15, 0.2) is 6.10 Å². The van der Waals surface area contributed by atoms with E-state index in [4.69, 9.17) is 4.74 Å². The van der Waals surface area contributed by atoms with E-state index >= 15 is 0 Å². The Labute approximate surface area is 154 Å². The first kappa shape index (κ1) is 20.1. The van der Waals surface area contributed by atoms with Gasteiger partial charge >= 0.3 is 5.97 Å². The van der Waals surface area contributed by atoms with Gasteiger partial charge in [0.25, 0.3) is 5.91 Å². The highest BCUT2D eigenvalue weighted by Gasteiger charge is 2.22. The van der Waals surface area contributed by atoms with E-state index in [9.17, 15) is 18.0 Å². The summed E-state index contributed by atoms with van der Waals surface area (Å²) in [4.78, 5) is 24.2. The molecular formula is C18H24N2O5S. The van der Waals surface area contributed by atoms with Crippen molar-refractivity contribution in [3.05, 3.63) is 36.4 Å². The van der Waals surface area contributed by atoms with Crippen LogP contribution in [0.4, 0.5) is 5.69 Å². The summed E-state index contributed by atoms with van der Waals surface area (Å²) in [7, 11) is -0.733. The van der Waals surface area contributed by atoms with E-state index in [2.05, 4.69) is 5.32 Å². The lowest BCUT2D eigenvalue weighted by atomic mass is 10.1. The van der Waals surface area contributed by atoms with Crippen LogP contribution in [0.3, 0.4) is 0 Å². The fourth-order valence-electron chi connectivity index (χ4n) is 2.57. The third kappa shape index (κ3) is 5.15. The van der Waals surface area contributed by atoms with E-state index in [0.717, 1.165) is 17.1 Å². The Morgan fingerprint density at radius 1 is 1.35 bits per heavy atom. The Hall–Kier alpha value is -2.19. The van der Waals surface area contributed by atoms with E-state index in [1.54, 1.807) is 6.07 Å². The zero-order valence-corrected chi connectivity index (χ0v) is 16.0. The molecule has 0 bridgehead atoms. The molecule has 2 rings (SSSR count). The van der Waals surface area contributed by atoms with Crippen LogP contribution in [0.1, 0.15) is 26.2 Å². The van der Waals surface area contributed by atoms with Crippen LogP contribution in [-0.2, 0) is 24.3 Å². The molecule has 0 unspecified atom stereocenters. The number of esters is 1. The number of amides is 1. The highest BCUT2D eigenvalue weighted by molar-refractivity contribution is 7.89. The van der Waals surface area contributed by atoms with Gasteiger partial charge < -0.3 is 10.1 Å². The van der Waals surface area contributed by atoms with Crippen molar-refractivity contribution in [1.29, 1.82) is 0 Å². The summed E-state index contributed by atoms with van der Waals surface area (Å²) in [5, 5.41) is 2.58. The summed E-state index contributed by atoms with van der Waals surface area (Å²) in [6.45, 7) is 1.48. The number of benzene rings is 1. The average Bonchev–Trinajstić information content (AvgIpc) is 3.07. The van der Waals surface area contributed by atoms with Gasteiger partial charge in [-0.15, -0.1) is 0 Å². The van der Waals surface area contributed by atoms with Crippen LogP contribution < -0.4 is 5.32 Å². The van der Waals surface area contributed by atoms with Gasteiger partial charge in [-0.1, -0.05) is 18.2 Å². The predicted molar refractivity (Wildman–Crippen MR) is 98.0 cm³/mol. The third-order valence-corrected chi connectivity index (χ3v) is 5.91. The molecule has 0 radical (unpaired) electrons. The van der Waals surface area contributed by atoms with Crippen molar-refractivity contribution in [3.8, 4) is 0 Å². The Morgan fingerprint density at radius 3 is 2.69 bits per heavy atom. The molecule has 1 aromatic rings. The lowest BCUT2D eigenvalue weighted by Gasteiger charge is -2.16. The van der Waals surface area contributed by atoms with Crippen LogP contribution in [0, 0.1) is 5.92 Å². The van der Waals surface area contributed by atoms with Gasteiger partial charge in [-0.05, 0) is 43.9 Å². The third-order valence-electron chi connectivity index (χ3n) is 4.10. The number of nitrogens with zero attached hydrogens (tertiary/aromatic N) is 1. The SMILES string of the molecule is C[C@H](OC(=O)C[C@@H]1C=CCC1)C(=O)Nc1cccc(S(=O)(=O)N(C)C)c1. The van der Waals surface area contributed by atoms with Crippen molar-refractivity contribution in [3.63, 3.8) is 0 Å². The number of ether oxygens (including phenoxy) is 1. The first-order chi connectivity index (χ1) is 12.2. The van der Waals surface area contributed by atoms with Gasteiger partial charge in [-0.3, -0.25) is 9.59 Å². The second kappa shape index (κ2) is 8.46. The largest absolute Gasteiger partial charge is 0.453 e. The molecule has 7 nitrogen and oxygen atoms in total. The van der Waals surface area contributed by atoms with Crippen molar-refractivity contribution < 1.29 is 22.7 Å². The standard InChI is InChI=1S/C18H24N2O5S/c1-13(25-17(21)11-14-7-4-5-8-14)18(22)19-15-9-6-10-16(12-15)26(23,24)20(2)3/h4,6-7,9-10,12-14H,5,8,11H2,1-3H3,(H,19,22)/t13-,14+/m0/s1. The fourth-order valence-corrected chi connectivity index (χ4v) is 3.52. The molecule has 0 aromatic heterocycles. The number of hydrogen-bond acceptors (Lipinski definition) is 5. The van der Waals surface area contributed by atoms with E-state index in [1.165, 1.54) is 39.2 Å². The molecule has 1 aliphatic rings. The summed E-state index contributed by atoms with van der Waals surface area (Å²) in [6.07, 6.45) is 5.18. The molecule has 2 atom stereocenters. The summed E-state index contributed by atoms with van der Waals surface area (Å²) in [5.74, 6) is -0.765. The van der Waals surface area contributed by atoms with Crippen molar-refractivity contribution in [2.45, 2.75) is 37.2 Å². The number of anilines is 1. The number of allylic oxidation sites excluding steroid dienone is 2. The van der Waals surface area contributed by atoms with Crippen molar-refractivity contribution in [2.75, 3.05) is 19.4 Å². The summed E-state index contributed by atoms with van der Waals surface area (Å²) in [5.41, 5.74) is 0.319. The predicted octanol–water partition coefficient (Wildman–Crippen LogP) is 2.16. The van der Waals surface area contributed by atoms with E-state index in [0.29, 0.717) is 5.69 Å². The highest BCUT2D eigenvalue weighted by atomic mass is 32.2. The molecule has 8 heteroatoms. The molecule has 0 saturated carbocycles. The number of sulfonamides is 1. The molecule has 1 aliphatic carbocycles. The Morgan fingerprint density at radius 2 is 2.08 bits per heavy atom. The van der Waals surface area contributed by atoms with Gasteiger partial charge in [0.2, 0.25) is 10.0 Å². The van der Waals surface area contributed by atoms with Gasteiger partial charge in [-0.25, -0.2) is 12.7 Å². The van der Waals surface area contributed by atoms with Crippen molar-refractivity contribution in [1.82, 2.24) is 4.31 Å². The molecule has 0 aliphatic heterocycles. The molecule has 0 saturated heterocycles. The molecule has 26 heavy (non-hydrogen) atoms. The minimum absolute atomic E-state index is 0.0676. The quantitative estimate of drug-likeness (QED) is 0.578. The van der Waals surface area contributed by atoms with Crippen LogP contribution in [-0.4, -0.2) is 44.8 Å². The Kier molecular flexibility index (Phi) is 6.55. The minimum Gasteiger partial charge on any atom is -0.453 e. The second-order valence-corrected chi connectivity index (χ2v) is 8.56. The molecule has 0 spiro atoms. The van der Waals surface area contributed by atoms with Crippen LogP contribution in [0.5, 0.6) is 0 Å². The average molecular weight is 380 g/mol. The molecule has 0 heterocycles. The van der Waals surface area contributed by atoms with Crippen LogP contribution in [0.2, 0.25) is 0 Å². The Bertz CT molecular complexity index is 802. The number of nitrogens with one attached hydrogen (secondary N) is 1. The first-order valence-corrected chi connectivity index (χ1v) is 9.83. The first-order valence-electron chi connectivity index (χ1n) is 8.39. The molecule has 1 N–H and O–H groups in total. The molecule has 1 amide bonds. The zero-order chi connectivity index (χ0) is 19.3. The maximum atomic E-state index is 12.2. The summed E-state index contributed by atoms with van der Waals surface area (Å²) < 4.78 is 30.6. The van der Waals surface area contributed by atoms with Crippen LogP contribution in [0.25, 0.3) is 0 Å². The summed E-state index contributed by atoms with van der Waals surface area (Å²) in [6, 6.07) is 5.92.